The van der Waals surface area contributed by atoms with Crippen molar-refractivity contribution >= 4 is 22.6 Å². The third kappa shape index (κ3) is 3.53. The van der Waals surface area contributed by atoms with Gasteiger partial charge >= 0.3 is 6.03 Å². The normalized spacial score (nSPS) is 16.0. The van der Waals surface area contributed by atoms with Crippen molar-refractivity contribution in [2.45, 2.75) is 26.0 Å². The van der Waals surface area contributed by atoms with E-state index in [4.69, 9.17) is 9.47 Å². The Morgan fingerprint density at radius 2 is 2.30 bits per heavy atom. The van der Waals surface area contributed by atoms with Crippen LogP contribution in [0.1, 0.15) is 19.4 Å². The van der Waals surface area contributed by atoms with Crippen molar-refractivity contribution in [3.63, 3.8) is 0 Å². The van der Waals surface area contributed by atoms with E-state index in [1.54, 1.807) is 12.0 Å². The Bertz CT molecular complexity index is 703. The number of carbonyl (C=O) groups is 1. The Hall–Kier alpha value is -2.35. The Balaban J connectivity index is 1.85. The van der Waals surface area contributed by atoms with Crippen LogP contribution in [0.5, 0.6) is 11.5 Å². The SMILES string of the molecule is COc1ccc2c(c1)OC(C)(C)CN(C(=O)Nc1cnns1)C2. The summed E-state index contributed by atoms with van der Waals surface area (Å²) >= 11 is 1.14. The van der Waals surface area contributed by atoms with Crippen LogP contribution in [-0.2, 0) is 6.54 Å². The lowest BCUT2D eigenvalue weighted by atomic mass is 10.1. The minimum absolute atomic E-state index is 0.198. The van der Waals surface area contributed by atoms with E-state index in [0.717, 1.165) is 28.6 Å². The van der Waals surface area contributed by atoms with Crippen molar-refractivity contribution in [1.29, 1.82) is 0 Å². The Morgan fingerprint density at radius 3 is 3.00 bits per heavy atom. The van der Waals surface area contributed by atoms with E-state index in [9.17, 15) is 4.79 Å². The van der Waals surface area contributed by atoms with Crippen LogP contribution in [-0.4, -0.2) is 39.8 Å². The van der Waals surface area contributed by atoms with Crippen LogP contribution in [0, 0.1) is 0 Å². The molecule has 2 amide bonds. The number of aromatic nitrogens is 2. The third-order valence-electron chi connectivity index (χ3n) is 3.47. The number of fused-ring (bicyclic) bond motifs is 1. The first-order chi connectivity index (χ1) is 11.0. The van der Waals surface area contributed by atoms with Crippen LogP contribution in [0.2, 0.25) is 0 Å². The summed E-state index contributed by atoms with van der Waals surface area (Å²) < 4.78 is 15.1. The smallest absolute Gasteiger partial charge is 0.322 e. The minimum Gasteiger partial charge on any atom is -0.497 e. The van der Waals surface area contributed by atoms with E-state index in [1.165, 1.54) is 6.20 Å². The summed E-state index contributed by atoms with van der Waals surface area (Å²) in [4.78, 5) is 14.2. The fraction of sp³-hybridized carbons (Fsp3) is 0.400. The van der Waals surface area contributed by atoms with Crippen molar-refractivity contribution in [1.82, 2.24) is 14.5 Å². The number of benzene rings is 1. The number of urea groups is 1. The molecule has 1 N–H and O–H groups in total. The van der Waals surface area contributed by atoms with Gasteiger partial charge in [0.05, 0.1) is 26.4 Å². The lowest BCUT2D eigenvalue weighted by Gasteiger charge is -2.29. The molecule has 3 rings (SSSR count). The van der Waals surface area contributed by atoms with Crippen molar-refractivity contribution in [2.75, 3.05) is 19.0 Å². The highest BCUT2D eigenvalue weighted by Crippen LogP contribution is 2.32. The average molecular weight is 334 g/mol. The molecule has 0 atom stereocenters. The topological polar surface area (TPSA) is 76.6 Å². The highest BCUT2D eigenvalue weighted by atomic mass is 32.1. The first-order valence-corrected chi connectivity index (χ1v) is 7.93. The van der Waals surface area contributed by atoms with Crippen molar-refractivity contribution in [2.24, 2.45) is 0 Å². The molecule has 2 heterocycles. The number of amides is 2. The van der Waals surface area contributed by atoms with Gasteiger partial charge in [-0.1, -0.05) is 4.49 Å². The molecule has 8 heteroatoms. The molecule has 0 bridgehead atoms. The maximum Gasteiger partial charge on any atom is 0.322 e. The monoisotopic (exact) mass is 334 g/mol. The molecule has 0 saturated carbocycles. The second-order valence-corrected chi connectivity index (χ2v) is 6.69. The minimum atomic E-state index is -0.513. The van der Waals surface area contributed by atoms with Gasteiger partial charge in [-0.15, -0.1) is 5.10 Å². The van der Waals surface area contributed by atoms with Crippen LogP contribution in [0.4, 0.5) is 9.80 Å². The number of nitrogens with zero attached hydrogens (tertiary/aromatic N) is 3. The second-order valence-electron chi connectivity index (χ2n) is 5.90. The standard InChI is InChI=1S/C15H18N4O3S/c1-15(2)9-19(14(20)17-13-7-16-18-23-13)8-10-4-5-11(21-3)6-12(10)22-15/h4-7H,8-9H2,1-3H3,(H,17,20). The van der Waals surface area contributed by atoms with E-state index in [-0.39, 0.29) is 6.03 Å². The molecule has 1 aliphatic rings. The van der Waals surface area contributed by atoms with Crippen LogP contribution >= 0.6 is 11.5 Å². The first-order valence-electron chi connectivity index (χ1n) is 7.16. The third-order valence-corrected chi connectivity index (χ3v) is 4.05. The fourth-order valence-corrected chi connectivity index (χ4v) is 2.90. The van der Waals surface area contributed by atoms with Gasteiger partial charge < -0.3 is 14.4 Å². The molecule has 0 radical (unpaired) electrons. The Kier molecular flexibility index (Phi) is 4.08. The summed E-state index contributed by atoms with van der Waals surface area (Å²) in [7, 11) is 1.62. The van der Waals surface area contributed by atoms with Gasteiger partial charge in [0.1, 0.15) is 22.1 Å². The number of methoxy groups -OCH3 is 1. The largest absolute Gasteiger partial charge is 0.497 e. The van der Waals surface area contributed by atoms with Gasteiger partial charge in [-0.25, -0.2) is 4.79 Å². The maximum absolute atomic E-state index is 12.5. The highest BCUT2D eigenvalue weighted by Gasteiger charge is 2.32. The first kappa shape index (κ1) is 15.5. The zero-order valence-electron chi connectivity index (χ0n) is 13.2. The van der Waals surface area contributed by atoms with Crippen LogP contribution in [0.15, 0.2) is 24.4 Å². The summed E-state index contributed by atoms with van der Waals surface area (Å²) in [6.45, 7) is 4.83. The number of anilines is 1. The van der Waals surface area contributed by atoms with Crippen LogP contribution in [0.3, 0.4) is 0 Å². The number of nitrogens with one attached hydrogen (secondary N) is 1. The second kappa shape index (κ2) is 6.04. The average Bonchev–Trinajstić information content (AvgIpc) is 2.95. The highest BCUT2D eigenvalue weighted by molar-refractivity contribution is 7.10. The summed E-state index contributed by atoms with van der Waals surface area (Å²) in [6, 6.07) is 5.44. The van der Waals surface area contributed by atoms with E-state index < -0.39 is 5.60 Å². The van der Waals surface area contributed by atoms with Crippen molar-refractivity contribution in [3.05, 3.63) is 30.0 Å². The van der Waals surface area contributed by atoms with Crippen LogP contribution < -0.4 is 14.8 Å². The van der Waals surface area contributed by atoms with Crippen molar-refractivity contribution < 1.29 is 14.3 Å². The molecule has 0 saturated heterocycles. The molecule has 1 aromatic carbocycles. The number of carbonyl (C=O) groups excluding carboxylic acids is 1. The molecule has 0 aliphatic carbocycles. The van der Waals surface area contributed by atoms with Gasteiger partial charge in [0, 0.05) is 23.2 Å². The van der Waals surface area contributed by atoms with Gasteiger partial charge in [0.2, 0.25) is 0 Å². The summed E-state index contributed by atoms with van der Waals surface area (Å²) in [5, 5.41) is 7.15. The van der Waals surface area contributed by atoms with E-state index in [0.29, 0.717) is 18.1 Å². The molecule has 0 unspecified atom stereocenters. The van der Waals surface area contributed by atoms with Gasteiger partial charge in [-0.2, -0.15) is 0 Å². The quantitative estimate of drug-likeness (QED) is 0.914. The lowest BCUT2D eigenvalue weighted by Crippen LogP contribution is -2.44. The lowest BCUT2D eigenvalue weighted by molar-refractivity contribution is 0.0833. The predicted molar refractivity (Wildman–Crippen MR) is 87.0 cm³/mol. The van der Waals surface area contributed by atoms with E-state index in [2.05, 4.69) is 14.9 Å². The summed E-state index contributed by atoms with van der Waals surface area (Å²) in [5.74, 6) is 1.47. The zero-order valence-corrected chi connectivity index (χ0v) is 14.0. The van der Waals surface area contributed by atoms with E-state index in [1.807, 2.05) is 32.0 Å². The number of rotatable bonds is 2. The van der Waals surface area contributed by atoms with Crippen LogP contribution in [0.25, 0.3) is 0 Å². The van der Waals surface area contributed by atoms with E-state index >= 15 is 0 Å². The van der Waals surface area contributed by atoms with Gasteiger partial charge in [0.15, 0.2) is 0 Å². The van der Waals surface area contributed by atoms with Crippen molar-refractivity contribution in [3.8, 4) is 11.5 Å². The molecule has 0 fully saturated rings. The molecular weight excluding hydrogens is 316 g/mol. The number of ether oxygens (including phenoxy) is 2. The fourth-order valence-electron chi connectivity index (χ4n) is 2.49. The number of hydrogen-bond donors (Lipinski definition) is 1. The summed E-state index contributed by atoms with van der Waals surface area (Å²) in [5.41, 5.74) is 0.426. The molecule has 0 spiro atoms. The van der Waals surface area contributed by atoms with Gasteiger partial charge in [-0.3, -0.25) is 5.32 Å². The molecule has 1 aliphatic heterocycles. The Morgan fingerprint density at radius 1 is 1.48 bits per heavy atom. The van der Waals surface area contributed by atoms with Gasteiger partial charge in [0.25, 0.3) is 0 Å². The molecule has 122 valence electrons. The maximum atomic E-state index is 12.5. The van der Waals surface area contributed by atoms with Gasteiger partial charge in [-0.05, 0) is 26.0 Å². The molecule has 2 aromatic rings. The molecular formula is C15H18N4O3S. The zero-order chi connectivity index (χ0) is 16.4. The molecule has 7 nitrogen and oxygen atoms in total. The predicted octanol–water partition coefficient (Wildman–Crippen LogP) is 2.75. The molecule has 1 aromatic heterocycles. The molecule has 23 heavy (non-hydrogen) atoms. The summed E-state index contributed by atoms with van der Waals surface area (Å²) in [6.07, 6.45) is 1.53. The Labute approximate surface area is 138 Å². The number of hydrogen-bond acceptors (Lipinski definition) is 6.